The van der Waals surface area contributed by atoms with Gasteiger partial charge in [-0.05, 0) is 63.2 Å². The normalized spacial score (nSPS) is 10.3. The molecule has 0 saturated carbocycles. The molecule has 3 rings (SSSR count). The number of hydrogen-bond acceptors (Lipinski definition) is 2. The molecule has 0 aliphatic rings. The number of anilines is 1. The largest absolute Gasteiger partial charge is 0.332 e. The molecule has 0 aliphatic heterocycles. The number of rotatable bonds is 2. The number of benzene rings is 3. The first-order valence-electron chi connectivity index (χ1n) is 6.99. The molecule has 0 saturated heterocycles. The second-order valence-corrected chi connectivity index (χ2v) is 6.21. The lowest BCUT2D eigenvalue weighted by atomic mass is 10.1. The molecule has 23 heavy (non-hydrogen) atoms. The first-order valence-corrected chi connectivity index (χ1v) is 8.19. The smallest absolute Gasteiger partial charge is 0.258 e. The maximum Gasteiger partial charge on any atom is 0.258 e. The summed E-state index contributed by atoms with van der Waals surface area (Å²) in [4.78, 5) is 12.2. The number of halogens is 1. The number of nitrogens with one attached hydrogen (secondary N) is 2. The zero-order valence-corrected chi connectivity index (χ0v) is 14.4. The van der Waals surface area contributed by atoms with Gasteiger partial charge in [0.15, 0.2) is 5.11 Å². The summed E-state index contributed by atoms with van der Waals surface area (Å²) < 4.78 is 0.728. The summed E-state index contributed by atoms with van der Waals surface area (Å²) in [6.45, 7) is 0. The molecule has 3 nitrogen and oxygen atoms in total. The van der Waals surface area contributed by atoms with Crippen molar-refractivity contribution >= 4 is 55.6 Å². The molecule has 0 atom stereocenters. The molecular weight excluding hydrogens is 372 g/mol. The van der Waals surface area contributed by atoms with E-state index in [0.717, 1.165) is 20.9 Å². The van der Waals surface area contributed by atoms with E-state index in [-0.39, 0.29) is 11.0 Å². The summed E-state index contributed by atoms with van der Waals surface area (Å²) in [6.07, 6.45) is 0. The van der Waals surface area contributed by atoms with Crippen LogP contribution in [0.15, 0.2) is 71.2 Å². The Morgan fingerprint density at radius 1 is 0.913 bits per heavy atom. The van der Waals surface area contributed by atoms with Gasteiger partial charge in [0.25, 0.3) is 5.91 Å². The number of amides is 1. The van der Waals surface area contributed by atoms with Crippen molar-refractivity contribution < 1.29 is 4.79 Å². The zero-order valence-electron chi connectivity index (χ0n) is 12.0. The van der Waals surface area contributed by atoms with E-state index in [2.05, 4.69) is 26.6 Å². The summed E-state index contributed by atoms with van der Waals surface area (Å²) in [7, 11) is 0. The van der Waals surface area contributed by atoms with Crippen LogP contribution >= 0.6 is 28.1 Å². The molecule has 2 N–H and O–H groups in total. The first kappa shape index (κ1) is 15.6. The summed E-state index contributed by atoms with van der Waals surface area (Å²) in [5, 5.41) is 8.25. The average Bonchev–Trinajstić information content (AvgIpc) is 2.55. The van der Waals surface area contributed by atoms with Gasteiger partial charge in [-0.25, -0.2) is 0 Å². The third kappa shape index (κ3) is 3.75. The van der Waals surface area contributed by atoms with E-state index in [1.54, 1.807) is 12.1 Å². The van der Waals surface area contributed by atoms with Crippen LogP contribution in [0.1, 0.15) is 10.4 Å². The van der Waals surface area contributed by atoms with Gasteiger partial charge in [-0.2, -0.15) is 0 Å². The van der Waals surface area contributed by atoms with Crippen LogP contribution < -0.4 is 10.6 Å². The van der Waals surface area contributed by atoms with Crippen molar-refractivity contribution in [2.24, 2.45) is 0 Å². The highest BCUT2D eigenvalue weighted by molar-refractivity contribution is 9.10. The highest BCUT2D eigenvalue weighted by Crippen LogP contribution is 2.19. The van der Waals surface area contributed by atoms with Crippen molar-refractivity contribution in [1.29, 1.82) is 0 Å². The Kier molecular flexibility index (Phi) is 4.69. The Balaban J connectivity index is 1.71. The number of fused-ring (bicyclic) bond motifs is 1. The average molecular weight is 385 g/mol. The van der Waals surface area contributed by atoms with Crippen LogP contribution in [0.5, 0.6) is 0 Å². The van der Waals surface area contributed by atoms with Crippen LogP contribution in [0.25, 0.3) is 10.8 Å². The number of hydrogen-bond donors (Lipinski definition) is 2. The minimum Gasteiger partial charge on any atom is -0.332 e. The lowest BCUT2D eigenvalue weighted by Gasteiger charge is -2.11. The molecule has 0 unspecified atom stereocenters. The topological polar surface area (TPSA) is 41.1 Å². The molecule has 3 aromatic rings. The van der Waals surface area contributed by atoms with Gasteiger partial charge >= 0.3 is 0 Å². The molecule has 0 aromatic heterocycles. The second-order valence-electron chi connectivity index (χ2n) is 4.95. The molecule has 5 heteroatoms. The standard InChI is InChI=1S/C18H13BrN2OS/c19-16-8-4-3-7-15(16)17(22)21-18(23)20-14-10-9-12-5-1-2-6-13(12)11-14/h1-11H,(H2,20,21,22,23). The molecule has 0 spiro atoms. The third-order valence-electron chi connectivity index (χ3n) is 3.35. The van der Waals surface area contributed by atoms with Gasteiger partial charge in [-0.3, -0.25) is 10.1 Å². The van der Waals surface area contributed by atoms with E-state index in [9.17, 15) is 4.79 Å². The number of carbonyl (C=O) groups excluding carboxylic acids is 1. The van der Waals surface area contributed by atoms with Gasteiger partial charge in [0.05, 0.1) is 5.56 Å². The van der Waals surface area contributed by atoms with Crippen molar-refractivity contribution in [3.05, 3.63) is 76.8 Å². The van der Waals surface area contributed by atoms with Crippen molar-refractivity contribution in [2.45, 2.75) is 0 Å². The Morgan fingerprint density at radius 3 is 2.39 bits per heavy atom. The van der Waals surface area contributed by atoms with Crippen LogP contribution in [-0.2, 0) is 0 Å². The minimum atomic E-state index is -0.254. The van der Waals surface area contributed by atoms with Crippen molar-refractivity contribution in [1.82, 2.24) is 5.32 Å². The van der Waals surface area contributed by atoms with Gasteiger partial charge in [0, 0.05) is 10.2 Å². The summed E-state index contributed by atoms with van der Waals surface area (Å²) in [6, 6.07) is 21.2. The molecule has 0 fully saturated rings. The zero-order chi connectivity index (χ0) is 16.2. The van der Waals surface area contributed by atoms with Gasteiger partial charge in [-0.15, -0.1) is 0 Å². The van der Waals surface area contributed by atoms with Crippen molar-refractivity contribution in [3.63, 3.8) is 0 Å². The molecule has 1 amide bonds. The van der Waals surface area contributed by atoms with Crippen LogP contribution in [0.2, 0.25) is 0 Å². The quantitative estimate of drug-likeness (QED) is 0.627. The fraction of sp³-hybridized carbons (Fsp3) is 0. The highest BCUT2D eigenvalue weighted by atomic mass is 79.9. The predicted octanol–water partition coefficient (Wildman–Crippen LogP) is 4.73. The molecule has 0 heterocycles. The fourth-order valence-corrected chi connectivity index (χ4v) is 2.92. The van der Waals surface area contributed by atoms with E-state index in [0.29, 0.717) is 5.56 Å². The third-order valence-corrected chi connectivity index (χ3v) is 4.25. The Hall–Kier alpha value is -2.24. The van der Waals surface area contributed by atoms with Crippen molar-refractivity contribution in [2.75, 3.05) is 5.32 Å². The number of carbonyl (C=O) groups is 1. The molecule has 3 aromatic carbocycles. The van der Waals surface area contributed by atoms with Gasteiger partial charge < -0.3 is 5.32 Å². The number of thiocarbonyl (C=S) groups is 1. The molecular formula is C18H13BrN2OS. The van der Waals surface area contributed by atoms with Crippen LogP contribution in [0.3, 0.4) is 0 Å². The first-order chi connectivity index (χ1) is 11.1. The second kappa shape index (κ2) is 6.89. The summed E-state index contributed by atoms with van der Waals surface area (Å²) in [5.41, 5.74) is 1.37. The minimum absolute atomic E-state index is 0.254. The van der Waals surface area contributed by atoms with Crippen LogP contribution in [-0.4, -0.2) is 11.0 Å². The maximum absolute atomic E-state index is 12.2. The predicted molar refractivity (Wildman–Crippen MR) is 102 cm³/mol. The molecule has 114 valence electrons. The highest BCUT2D eigenvalue weighted by Gasteiger charge is 2.10. The van der Waals surface area contributed by atoms with Crippen LogP contribution in [0.4, 0.5) is 5.69 Å². The van der Waals surface area contributed by atoms with E-state index >= 15 is 0 Å². The van der Waals surface area contributed by atoms with E-state index in [4.69, 9.17) is 12.2 Å². The molecule has 0 aliphatic carbocycles. The SMILES string of the molecule is O=C(NC(=S)Nc1ccc2ccccc2c1)c1ccccc1Br. The summed E-state index contributed by atoms with van der Waals surface area (Å²) >= 11 is 8.58. The van der Waals surface area contributed by atoms with Crippen molar-refractivity contribution in [3.8, 4) is 0 Å². The van der Waals surface area contributed by atoms with Gasteiger partial charge in [0.1, 0.15) is 0 Å². The van der Waals surface area contributed by atoms with E-state index in [1.807, 2.05) is 54.6 Å². The molecule has 0 radical (unpaired) electrons. The van der Waals surface area contributed by atoms with E-state index < -0.39 is 0 Å². The Labute approximate surface area is 147 Å². The Morgan fingerprint density at radius 2 is 1.61 bits per heavy atom. The lowest BCUT2D eigenvalue weighted by molar-refractivity contribution is 0.0977. The van der Waals surface area contributed by atoms with Gasteiger partial charge in [0.2, 0.25) is 0 Å². The molecule has 0 bridgehead atoms. The monoisotopic (exact) mass is 384 g/mol. The van der Waals surface area contributed by atoms with E-state index in [1.165, 1.54) is 0 Å². The summed E-state index contributed by atoms with van der Waals surface area (Å²) in [5.74, 6) is -0.254. The Bertz CT molecular complexity index is 895. The fourth-order valence-electron chi connectivity index (χ4n) is 2.25. The lowest BCUT2D eigenvalue weighted by Crippen LogP contribution is -2.34. The maximum atomic E-state index is 12.2. The van der Waals surface area contributed by atoms with Crippen LogP contribution in [0, 0.1) is 0 Å². The van der Waals surface area contributed by atoms with Gasteiger partial charge in [-0.1, -0.05) is 42.5 Å².